The van der Waals surface area contributed by atoms with E-state index in [1.807, 2.05) is 6.20 Å². The fourth-order valence-electron chi connectivity index (χ4n) is 3.51. The van der Waals surface area contributed by atoms with Crippen molar-refractivity contribution < 1.29 is 13.5 Å². The Balaban J connectivity index is 1.90. The minimum absolute atomic E-state index is 0.0922. The number of nitrogen functional groups attached to an aromatic ring is 1. The number of rotatable bonds is 3. The second kappa shape index (κ2) is 6.29. The summed E-state index contributed by atoms with van der Waals surface area (Å²) in [5.74, 6) is -0.380. The molecule has 30 heavy (non-hydrogen) atoms. The molecular weight excluding hydrogens is 404 g/mol. The first-order chi connectivity index (χ1) is 14.4. The lowest BCUT2D eigenvalue weighted by atomic mass is 10.1. The van der Waals surface area contributed by atoms with Gasteiger partial charge in [0.2, 0.25) is 0 Å². The molecule has 0 aliphatic rings. The smallest absolute Gasteiger partial charge is 0.269 e. The normalized spacial score (nSPS) is 12.0. The van der Waals surface area contributed by atoms with Crippen LogP contribution < -0.4 is 5.73 Å². The van der Waals surface area contributed by atoms with E-state index in [0.29, 0.717) is 5.39 Å². The van der Waals surface area contributed by atoms with Gasteiger partial charge in [-0.25, -0.2) is 22.4 Å². The third kappa shape index (κ3) is 2.54. The summed E-state index contributed by atoms with van der Waals surface area (Å²) in [4.78, 5) is 8.48. The Morgan fingerprint density at radius 1 is 1.03 bits per heavy atom. The lowest BCUT2D eigenvalue weighted by Gasteiger charge is -2.08. The van der Waals surface area contributed by atoms with E-state index in [0.717, 1.165) is 15.1 Å². The van der Waals surface area contributed by atoms with Crippen molar-refractivity contribution in [1.29, 1.82) is 0 Å². The van der Waals surface area contributed by atoms with E-state index in [9.17, 15) is 13.5 Å². The van der Waals surface area contributed by atoms with E-state index in [4.69, 9.17) is 5.73 Å². The molecular formula is C20H16N6O3S. The summed E-state index contributed by atoms with van der Waals surface area (Å²) >= 11 is 0. The molecule has 0 aliphatic heterocycles. The highest BCUT2D eigenvalue weighted by Crippen LogP contribution is 2.39. The van der Waals surface area contributed by atoms with Gasteiger partial charge in [0.25, 0.3) is 10.0 Å². The molecule has 4 aromatic heterocycles. The van der Waals surface area contributed by atoms with Crippen LogP contribution in [-0.4, -0.2) is 37.2 Å². The Bertz CT molecular complexity index is 1540. The van der Waals surface area contributed by atoms with Gasteiger partial charge < -0.3 is 10.8 Å². The van der Waals surface area contributed by atoms with Crippen LogP contribution in [0.1, 0.15) is 0 Å². The number of hydrogen-bond donors (Lipinski definition) is 2. The maximum Gasteiger partial charge on any atom is 0.269 e. The highest BCUT2D eigenvalue weighted by molar-refractivity contribution is 7.90. The minimum Gasteiger partial charge on any atom is -0.504 e. The quantitative estimate of drug-likeness (QED) is 0.459. The molecule has 150 valence electrons. The lowest BCUT2D eigenvalue weighted by Crippen LogP contribution is -2.13. The van der Waals surface area contributed by atoms with Gasteiger partial charge in [0.1, 0.15) is 0 Å². The number of aromatic hydroxyl groups is 1. The predicted molar refractivity (Wildman–Crippen MR) is 112 cm³/mol. The van der Waals surface area contributed by atoms with Gasteiger partial charge in [-0.2, -0.15) is 5.10 Å². The van der Waals surface area contributed by atoms with Gasteiger partial charge in [0.15, 0.2) is 17.2 Å². The first-order valence-corrected chi connectivity index (χ1v) is 10.4. The van der Waals surface area contributed by atoms with Crippen LogP contribution in [0.3, 0.4) is 0 Å². The Kier molecular flexibility index (Phi) is 3.80. The number of aromatic nitrogens is 5. The predicted octanol–water partition coefficient (Wildman–Crippen LogP) is 2.51. The molecule has 9 nitrogen and oxygen atoms in total. The Hall–Kier alpha value is -3.92. The van der Waals surface area contributed by atoms with Gasteiger partial charge in [0.05, 0.1) is 28.2 Å². The zero-order chi connectivity index (χ0) is 21.0. The maximum atomic E-state index is 13.4. The van der Waals surface area contributed by atoms with E-state index < -0.39 is 10.0 Å². The van der Waals surface area contributed by atoms with E-state index in [-0.39, 0.29) is 33.0 Å². The number of anilines is 1. The number of nitrogens with zero attached hydrogens (tertiary/aromatic N) is 5. The molecule has 0 aliphatic carbocycles. The molecule has 0 saturated carbocycles. The molecule has 0 amide bonds. The minimum atomic E-state index is -4.01. The van der Waals surface area contributed by atoms with Crippen molar-refractivity contribution in [3.63, 3.8) is 0 Å². The van der Waals surface area contributed by atoms with Crippen molar-refractivity contribution in [2.75, 3.05) is 5.73 Å². The Morgan fingerprint density at radius 3 is 2.50 bits per heavy atom. The molecule has 4 heterocycles. The summed E-state index contributed by atoms with van der Waals surface area (Å²) in [5.41, 5.74) is 7.70. The molecule has 0 saturated heterocycles. The molecule has 0 radical (unpaired) electrons. The number of benzene rings is 1. The van der Waals surface area contributed by atoms with E-state index in [1.165, 1.54) is 18.3 Å². The van der Waals surface area contributed by atoms with Gasteiger partial charge in [-0.15, -0.1) is 0 Å². The van der Waals surface area contributed by atoms with E-state index >= 15 is 0 Å². The monoisotopic (exact) mass is 420 g/mol. The van der Waals surface area contributed by atoms with E-state index in [2.05, 4.69) is 15.1 Å². The van der Waals surface area contributed by atoms with Crippen molar-refractivity contribution in [2.45, 2.75) is 4.90 Å². The maximum absolute atomic E-state index is 13.4. The zero-order valence-corrected chi connectivity index (χ0v) is 16.6. The van der Waals surface area contributed by atoms with Gasteiger partial charge in [0, 0.05) is 36.0 Å². The van der Waals surface area contributed by atoms with Crippen LogP contribution in [0.5, 0.6) is 5.75 Å². The van der Waals surface area contributed by atoms with E-state index in [1.54, 1.807) is 48.4 Å². The highest BCUT2D eigenvalue weighted by atomic mass is 32.2. The second-order valence-electron chi connectivity index (χ2n) is 6.83. The molecule has 0 bridgehead atoms. The zero-order valence-electron chi connectivity index (χ0n) is 15.8. The molecule has 0 fully saturated rings. The average molecular weight is 420 g/mol. The number of nitrogens with two attached hydrogens (primary N) is 1. The van der Waals surface area contributed by atoms with Crippen molar-refractivity contribution in [2.24, 2.45) is 7.05 Å². The van der Waals surface area contributed by atoms with Crippen molar-refractivity contribution in [1.82, 2.24) is 23.7 Å². The van der Waals surface area contributed by atoms with Crippen LogP contribution in [-0.2, 0) is 17.1 Å². The molecule has 5 rings (SSSR count). The van der Waals surface area contributed by atoms with Gasteiger partial charge in [-0.05, 0) is 18.2 Å². The summed E-state index contributed by atoms with van der Waals surface area (Å²) in [6.45, 7) is 0. The first-order valence-electron chi connectivity index (χ1n) is 8.95. The molecule has 1 aromatic carbocycles. The Labute approximate surface area is 171 Å². The fraction of sp³-hybridized carbons (Fsp3) is 0.0500. The van der Waals surface area contributed by atoms with Gasteiger partial charge in [-0.1, -0.05) is 18.2 Å². The molecule has 0 spiro atoms. The fourth-order valence-corrected chi connectivity index (χ4v) is 4.99. The summed E-state index contributed by atoms with van der Waals surface area (Å²) < 4.78 is 29.6. The van der Waals surface area contributed by atoms with Crippen LogP contribution >= 0.6 is 0 Å². The number of aryl methyl sites for hydroxylation is 1. The molecule has 3 N–H and O–H groups in total. The van der Waals surface area contributed by atoms with Crippen LogP contribution in [0.15, 0.2) is 66.1 Å². The first kappa shape index (κ1) is 18.1. The topological polar surface area (TPSA) is 129 Å². The summed E-state index contributed by atoms with van der Waals surface area (Å²) in [6, 6.07) is 9.78. The lowest BCUT2D eigenvalue weighted by molar-refractivity contribution is 0.482. The highest BCUT2D eigenvalue weighted by Gasteiger charge is 2.27. The van der Waals surface area contributed by atoms with Crippen molar-refractivity contribution >= 4 is 37.8 Å². The average Bonchev–Trinajstić information content (AvgIpc) is 3.32. The number of fused-ring (bicyclic) bond motifs is 3. The van der Waals surface area contributed by atoms with Gasteiger partial charge >= 0.3 is 0 Å². The third-order valence-electron chi connectivity index (χ3n) is 4.93. The van der Waals surface area contributed by atoms with Crippen LogP contribution in [0.25, 0.3) is 33.1 Å². The molecule has 0 atom stereocenters. The summed E-state index contributed by atoms with van der Waals surface area (Å²) in [7, 11) is -2.21. The van der Waals surface area contributed by atoms with Crippen LogP contribution in [0, 0.1) is 0 Å². The van der Waals surface area contributed by atoms with Gasteiger partial charge in [-0.3, -0.25) is 4.68 Å². The molecule has 0 unspecified atom stereocenters. The second-order valence-corrected chi connectivity index (χ2v) is 8.62. The Morgan fingerprint density at radius 2 is 1.80 bits per heavy atom. The summed E-state index contributed by atoms with van der Waals surface area (Å²) in [5, 5.41) is 15.5. The number of pyridine rings is 2. The van der Waals surface area contributed by atoms with Crippen LogP contribution in [0.2, 0.25) is 0 Å². The molecule has 10 heteroatoms. The summed E-state index contributed by atoms with van der Waals surface area (Å²) in [6.07, 6.45) is 6.40. The van der Waals surface area contributed by atoms with Crippen molar-refractivity contribution in [3.05, 3.63) is 61.2 Å². The third-order valence-corrected chi connectivity index (χ3v) is 6.65. The SMILES string of the molecule is Cn1cc(-c2cnc3c(c2)c2c(O)c(N)ncc2n3S(=O)(=O)c2ccccc2)cn1. The largest absolute Gasteiger partial charge is 0.504 e. The van der Waals surface area contributed by atoms with Crippen LogP contribution in [0.4, 0.5) is 5.82 Å². The number of hydrogen-bond acceptors (Lipinski definition) is 7. The molecule has 5 aromatic rings. The standard InChI is InChI=1S/C20H16N6O3S/c1-25-11-13(9-24-25)12-7-15-17-16(10-22-19(21)18(17)27)26(20(15)23-8-12)30(28,29)14-5-3-2-4-6-14/h2-11,27H,1H3,(H2,21,22). The van der Waals surface area contributed by atoms with Crippen molar-refractivity contribution in [3.8, 4) is 16.9 Å².